The number of H-pyrrole nitrogens is 1. The van der Waals surface area contributed by atoms with Gasteiger partial charge in [-0.15, -0.1) is 0 Å². The molecule has 7 heteroatoms. The van der Waals surface area contributed by atoms with Crippen molar-refractivity contribution in [3.05, 3.63) is 46.2 Å². The van der Waals surface area contributed by atoms with Gasteiger partial charge in [-0.3, -0.25) is 4.72 Å². The molecule has 0 atom stereocenters. The van der Waals surface area contributed by atoms with Crippen molar-refractivity contribution in [3.63, 3.8) is 0 Å². The van der Waals surface area contributed by atoms with Crippen LogP contribution in [0.4, 0.5) is 5.69 Å². The van der Waals surface area contributed by atoms with Crippen LogP contribution >= 0.6 is 15.9 Å². The highest BCUT2D eigenvalue weighted by atomic mass is 79.9. The van der Waals surface area contributed by atoms with E-state index in [1.165, 1.54) is 6.20 Å². The van der Waals surface area contributed by atoms with Gasteiger partial charge in [0.2, 0.25) is 0 Å². The molecule has 2 rings (SSSR count). The summed E-state index contributed by atoms with van der Waals surface area (Å²) in [6, 6.07) is 7.04. The van der Waals surface area contributed by atoms with Crippen molar-refractivity contribution < 1.29 is 8.42 Å². The summed E-state index contributed by atoms with van der Waals surface area (Å²) in [6.45, 7) is 5.30. The maximum atomic E-state index is 12.4. The predicted octanol–water partition coefficient (Wildman–Crippen LogP) is 3.00. The topological polar surface area (TPSA) is 74.0 Å². The molecule has 0 fully saturated rings. The Morgan fingerprint density at radius 1 is 1.33 bits per heavy atom. The molecule has 0 saturated heterocycles. The lowest BCUT2D eigenvalue weighted by atomic mass is 10.2. The highest BCUT2D eigenvalue weighted by Gasteiger charge is 2.17. The minimum Gasteiger partial charge on any atom is -0.363 e. The second-order valence-corrected chi connectivity index (χ2v) is 7.20. The summed E-state index contributed by atoms with van der Waals surface area (Å²) < 4.78 is 28.3. The van der Waals surface area contributed by atoms with E-state index in [-0.39, 0.29) is 4.90 Å². The Morgan fingerprint density at radius 2 is 2.10 bits per heavy atom. The minimum absolute atomic E-state index is 0.231. The van der Waals surface area contributed by atoms with Crippen LogP contribution in [0, 0.1) is 6.92 Å². The number of benzene rings is 1. The van der Waals surface area contributed by atoms with Crippen LogP contribution in [-0.2, 0) is 16.6 Å². The molecule has 0 saturated carbocycles. The van der Waals surface area contributed by atoms with E-state index in [0.29, 0.717) is 12.2 Å². The average molecular weight is 372 g/mol. The van der Waals surface area contributed by atoms with Gasteiger partial charge in [0.1, 0.15) is 4.90 Å². The third-order valence-corrected chi connectivity index (χ3v) is 5.31. The second-order valence-electron chi connectivity index (χ2n) is 4.66. The number of nitrogens with one attached hydrogen (secondary N) is 3. The van der Waals surface area contributed by atoms with Crippen LogP contribution in [-0.4, -0.2) is 19.9 Å². The van der Waals surface area contributed by atoms with Crippen molar-refractivity contribution in [1.29, 1.82) is 0 Å². The molecular weight excluding hydrogens is 354 g/mol. The van der Waals surface area contributed by atoms with E-state index in [0.717, 1.165) is 22.3 Å². The fourth-order valence-corrected chi connectivity index (χ4v) is 3.36. The van der Waals surface area contributed by atoms with Crippen molar-refractivity contribution in [2.45, 2.75) is 25.3 Å². The molecule has 114 valence electrons. The summed E-state index contributed by atoms with van der Waals surface area (Å²) in [5.41, 5.74) is 2.26. The molecule has 0 aliphatic heterocycles. The normalized spacial score (nSPS) is 11.6. The zero-order chi connectivity index (χ0) is 15.5. The molecule has 5 nitrogen and oxygen atoms in total. The number of aromatic amines is 1. The van der Waals surface area contributed by atoms with Gasteiger partial charge in [0.15, 0.2) is 0 Å². The zero-order valence-electron chi connectivity index (χ0n) is 11.9. The van der Waals surface area contributed by atoms with Crippen LogP contribution in [0.5, 0.6) is 0 Å². The summed E-state index contributed by atoms with van der Waals surface area (Å²) >= 11 is 3.39. The first-order valence-corrected chi connectivity index (χ1v) is 8.87. The van der Waals surface area contributed by atoms with Gasteiger partial charge < -0.3 is 10.3 Å². The van der Waals surface area contributed by atoms with Crippen LogP contribution in [0.1, 0.15) is 18.2 Å². The van der Waals surface area contributed by atoms with Gasteiger partial charge in [-0.25, -0.2) is 8.42 Å². The monoisotopic (exact) mass is 371 g/mol. The quantitative estimate of drug-likeness (QED) is 0.730. The van der Waals surface area contributed by atoms with Gasteiger partial charge in [0.25, 0.3) is 10.0 Å². The summed E-state index contributed by atoms with van der Waals surface area (Å²) in [5, 5.41) is 3.14. The van der Waals surface area contributed by atoms with E-state index < -0.39 is 10.0 Å². The van der Waals surface area contributed by atoms with Gasteiger partial charge in [-0.1, -0.05) is 28.9 Å². The van der Waals surface area contributed by atoms with E-state index in [2.05, 4.69) is 31.0 Å². The smallest absolute Gasteiger partial charge is 0.263 e. The first-order valence-electron chi connectivity index (χ1n) is 6.60. The Bertz CT molecular complexity index is 726. The van der Waals surface area contributed by atoms with E-state index in [1.807, 2.05) is 19.9 Å². The number of halogens is 1. The molecule has 0 bridgehead atoms. The predicted molar refractivity (Wildman–Crippen MR) is 87.9 cm³/mol. The molecule has 1 aromatic heterocycles. The highest BCUT2D eigenvalue weighted by Crippen LogP contribution is 2.25. The Labute approximate surface area is 133 Å². The number of sulfonamides is 1. The van der Waals surface area contributed by atoms with E-state index in [4.69, 9.17) is 0 Å². The maximum Gasteiger partial charge on any atom is 0.263 e. The van der Waals surface area contributed by atoms with Crippen molar-refractivity contribution in [1.82, 2.24) is 10.3 Å². The lowest BCUT2D eigenvalue weighted by molar-refractivity contribution is 0.601. The third kappa shape index (κ3) is 3.87. The van der Waals surface area contributed by atoms with Gasteiger partial charge in [0, 0.05) is 22.9 Å². The Balaban J connectivity index is 2.22. The number of hydrogen-bond acceptors (Lipinski definition) is 3. The highest BCUT2D eigenvalue weighted by molar-refractivity contribution is 9.10. The van der Waals surface area contributed by atoms with Crippen molar-refractivity contribution in [2.75, 3.05) is 11.3 Å². The average Bonchev–Trinajstić information content (AvgIpc) is 2.91. The summed E-state index contributed by atoms with van der Waals surface area (Å²) in [5.74, 6) is 0. The minimum atomic E-state index is -3.59. The molecule has 3 N–H and O–H groups in total. The molecule has 0 radical (unpaired) electrons. The Hall–Kier alpha value is -1.31. The standard InChI is InChI=1S/C14H18BrN3O2S/c1-3-16-8-11-7-12(9-17-11)21(19,20)18-14-6-4-5-13(15)10(14)2/h4-7,9,16-18H,3,8H2,1-2H3. The molecular formula is C14H18BrN3O2S. The molecule has 0 aliphatic rings. The maximum absolute atomic E-state index is 12.4. The molecule has 2 aromatic rings. The van der Waals surface area contributed by atoms with Crippen LogP contribution in [0.3, 0.4) is 0 Å². The number of hydrogen-bond donors (Lipinski definition) is 3. The zero-order valence-corrected chi connectivity index (χ0v) is 14.3. The van der Waals surface area contributed by atoms with Crippen LogP contribution in [0.15, 0.2) is 39.8 Å². The SMILES string of the molecule is CCNCc1cc(S(=O)(=O)Nc2cccc(Br)c2C)c[nH]1. The van der Waals surface area contributed by atoms with Crippen molar-refractivity contribution in [2.24, 2.45) is 0 Å². The molecule has 0 amide bonds. The van der Waals surface area contributed by atoms with Crippen molar-refractivity contribution >= 4 is 31.6 Å². The Morgan fingerprint density at radius 3 is 2.81 bits per heavy atom. The number of aromatic nitrogens is 1. The fourth-order valence-electron chi connectivity index (χ4n) is 1.86. The molecule has 0 aliphatic carbocycles. The summed E-state index contributed by atoms with van der Waals surface area (Å²) in [4.78, 5) is 3.20. The van der Waals surface area contributed by atoms with Crippen LogP contribution < -0.4 is 10.0 Å². The molecule has 0 unspecified atom stereocenters. The van der Waals surface area contributed by atoms with E-state index >= 15 is 0 Å². The Kier molecular flexibility index (Phi) is 5.08. The van der Waals surface area contributed by atoms with Gasteiger partial charge in [0.05, 0.1) is 5.69 Å². The first kappa shape index (κ1) is 16.1. The van der Waals surface area contributed by atoms with E-state index in [9.17, 15) is 8.42 Å². The largest absolute Gasteiger partial charge is 0.363 e. The summed E-state index contributed by atoms with van der Waals surface area (Å²) in [6.07, 6.45) is 1.50. The van der Waals surface area contributed by atoms with Crippen LogP contribution in [0.2, 0.25) is 0 Å². The fraction of sp³-hybridized carbons (Fsp3) is 0.286. The molecule has 1 heterocycles. The second kappa shape index (κ2) is 6.64. The molecule has 1 aromatic carbocycles. The molecule has 21 heavy (non-hydrogen) atoms. The van der Waals surface area contributed by atoms with Crippen LogP contribution in [0.25, 0.3) is 0 Å². The third-order valence-electron chi connectivity index (χ3n) is 3.10. The molecule has 0 spiro atoms. The van der Waals surface area contributed by atoms with Gasteiger partial charge in [-0.2, -0.15) is 0 Å². The number of rotatable bonds is 6. The van der Waals surface area contributed by atoms with E-state index in [1.54, 1.807) is 18.2 Å². The number of anilines is 1. The van der Waals surface area contributed by atoms with Crippen molar-refractivity contribution in [3.8, 4) is 0 Å². The van der Waals surface area contributed by atoms with Gasteiger partial charge in [-0.05, 0) is 37.2 Å². The van der Waals surface area contributed by atoms with Gasteiger partial charge >= 0.3 is 0 Å². The lowest BCUT2D eigenvalue weighted by Crippen LogP contribution is -2.13. The summed E-state index contributed by atoms with van der Waals surface area (Å²) in [7, 11) is -3.59. The lowest BCUT2D eigenvalue weighted by Gasteiger charge is -2.10. The first-order chi connectivity index (χ1) is 9.94.